The number of anilines is 1. The lowest BCUT2D eigenvalue weighted by Crippen LogP contribution is -2.36. The topological polar surface area (TPSA) is 84.2 Å². The van der Waals surface area contributed by atoms with E-state index in [4.69, 9.17) is 4.52 Å². The summed E-state index contributed by atoms with van der Waals surface area (Å²) in [6.07, 6.45) is 6.61. The molecule has 20 heavy (non-hydrogen) atoms. The van der Waals surface area contributed by atoms with Crippen molar-refractivity contribution in [3.05, 3.63) is 11.8 Å². The van der Waals surface area contributed by atoms with E-state index in [1.54, 1.807) is 13.0 Å². The number of rotatable bonds is 4. The molecular formula is C14H21N3O3. The molecular weight excluding hydrogens is 258 g/mol. The number of nitrogens with one attached hydrogen (secondary N) is 2. The van der Waals surface area contributed by atoms with E-state index in [-0.39, 0.29) is 24.3 Å². The number of aryl methyl sites for hydroxylation is 1. The number of carbonyl (C=O) groups excluding carboxylic acids is 2. The van der Waals surface area contributed by atoms with Gasteiger partial charge in [0, 0.05) is 12.1 Å². The molecule has 1 fully saturated rings. The van der Waals surface area contributed by atoms with Gasteiger partial charge < -0.3 is 15.2 Å². The van der Waals surface area contributed by atoms with Gasteiger partial charge in [0.05, 0.1) is 0 Å². The molecule has 0 bridgehead atoms. The molecule has 0 spiro atoms. The zero-order chi connectivity index (χ0) is 14.4. The number of hydrogen-bond acceptors (Lipinski definition) is 4. The Morgan fingerprint density at radius 3 is 2.55 bits per heavy atom. The predicted octanol–water partition coefficient (Wildman–Crippen LogP) is 2.15. The summed E-state index contributed by atoms with van der Waals surface area (Å²) in [6, 6.07) is 1.83. The SMILES string of the molecule is Cc1cc(NC(=O)CC(=O)NC2CCCCCC2)no1. The molecule has 1 saturated carbocycles. The highest BCUT2D eigenvalue weighted by molar-refractivity contribution is 6.03. The zero-order valence-corrected chi connectivity index (χ0v) is 11.8. The first-order valence-corrected chi connectivity index (χ1v) is 7.16. The van der Waals surface area contributed by atoms with Crippen molar-refractivity contribution in [2.45, 2.75) is 57.9 Å². The van der Waals surface area contributed by atoms with Gasteiger partial charge in [-0.1, -0.05) is 30.8 Å². The molecule has 0 aromatic carbocycles. The molecule has 1 aromatic heterocycles. The summed E-state index contributed by atoms with van der Waals surface area (Å²) in [6.45, 7) is 1.74. The molecule has 1 aliphatic rings. The second kappa shape index (κ2) is 7.07. The van der Waals surface area contributed by atoms with Crippen LogP contribution in [-0.2, 0) is 9.59 Å². The van der Waals surface area contributed by atoms with Crippen molar-refractivity contribution in [3.8, 4) is 0 Å². The average molecular weight is 279 g/mol. The number of carbonyl (C=O) groups is 2. The minimum Gasteiger partial charge on any atom is -0.360 e. The van der Waals surface area contributed by atoms with Crippen LogP contribution in [0.2, 0.25) is 0 Å². The maximum Gasteiger partial charge on any atom is 0.235 e. The van der Waals surface area contributed by atoms with E-state index in [1.807, 2.05) is 0 Å². The highest BCUT2D eigenvalue weighted by Crippen LogP contribution is 2.17. The molecule has 6 heteroatoms. The fraction of sp³-hybridized carbons (Fsp3) is 0.643. The predicted molar refractivity (Wildman–Crippen MR) is 74.1 cm³/mol. The largest absolute Gasteiger partial charge is 0.360 e. The summed E-state index contributed by atoms with van der Waals surface area (Å²) >= 11 is 0. The highest BCUT2D eigenvalue weighted by Gasteiger charge is 2.17. The second-order valence-electron chi connectivity index (χ2n) is 5.30. The van der Waals surface area contributed by atoms with Crippen molar-refractivity contribution >= 4 is 17.6 Å². The Labute approximate surface area is 118 Å². The normalized spacial score (nSPS) is 16.4. The molecule has 2 rings (SSSR count). The van der Waals surface area contributed by atoms with Crippen molar-refractivity contribution in [3.63, 3.8) is 0 Å². The van der Waals surface area contributed by atoms with Crippen LogP contribution in [0, 0.1) is 6.92 Å². The Kier molecular flexibility index (Phi) is 5.15. The van der Waals surface area contributed by atoms with E-state index >= 15 is 0 Å². The lowest BCUT2D eigenvalue weighted by atomic mass is 10.1. The third-order valence-electron chi connectivity index (χ3n) is 3.44. The molecule has 6 nitrogen and oxygen atoms in total. The van der Waals surface area contributed by atoms with Gasteiger partial charge in [0.1, 0.15) is 12.2 Å². The first-order valence-electron chi connectivity index (χ1n) is 7.16. The molecule has 1 heterocycles. The molecule has 0 unspecified atom stereocenters. The quantitative estimate of drug-likeness (QED) is 0.653. The molecule has 0 saturated heterocycles. The van der Waals surface area contributed by atoms with Gasteiger partial charge in [0.2, 0.25) is 11.8 Å². The summed E-state index contributed by atoms with van der Waals surface area (Å²) in [5.41, 5.74) is 0. The Hall–Kier alpha value is -1.85. The van der Waals surface area contributed by atoms with Crippen molar-refractivity contribution < 1.29 is 14.1 Å². The van der Waals surface area contributed by atoms with Crippen LogP contribution in [0.25, 0.3) is 0 Å². The van der Waals surface area contributed by atoms with Gasteiger partial charge in [-0.3, -0.25) is 9.59 Å². The fourth-order valence-electron chi connectivity index (χ4n) is 2.46. The van der Waals surface area contributed by atoms with Crippen molar-refractivity contribution in [1.82, 2.24) is 10.5 Å². The van der Waals surface area contributed by atoms with E-state index in [0.29, 0.717) is 11.6 Å². The van der Waals surface area contributed by atoms with Gasteiger partial charge in [0.15, 0.2) is 5.82 Å². The van der Waals surface area contributed by atoms with Crippen LogP contribution in [0.15, 0.2) is 10.6 Å². The standard InChI is InChI=1S/C14H21N3O3/c1-10-8-12(17-20-10)16-14(19)9-13(18)15-11-6-4-2-3-5-7-11/h8,11H,2-7,9H2,1H3,(H,15,18)(H,16,17,19). The molecule has 0 aliphatic heterocycles. The van der Waals surface area contributed by atoms with Crippen LogP contribution < -0.4 is 10.6 Å². The maximum absolute atomic E-state index is 11.8. The number of aromatic nitrogens is 1. The fourth-order valence-corrected chi connectivity index (χ4v) is 2.46. The van der Waals surface area contributed by atoms with Gasteiger partial charge in [-0.15, -0.1) is 0 Å². The van der Waals surface area contributed by atoms with E-state index in [1.165, 1.54) is 12.8 Å². The molecule has 110 valence electrons. The minimum absolute atomic E-state index is 0.178. The Bertz CT molecular complexity index is 462. The van der Waals surface area contributed by atoms with Gasteiger partial charge in [0.25, 0.3) is 0 Å². The summed E-state index contributed by atoms with van der Waals surface area (Å²) in [5.74, 6) is 0.358. The number of amides is 2. The third-order valence-corrected chi connectivity index (χ3v) is 3.44. The maximum atomic E-state index is 11.8. The van der Waals surface area contributed by atoms with Crippen molar-refractivity contribution in [2.24, 2.45) is 0 Å². The lowest BCUT2D eigenvalue weighted by molar-refractivity contribution is -0.127. The van der Waals surface area contributed by atoms with Crippen LogP contribution in [0.5, 0.6) is 0 Å². The first kappa shape index (κ1) is 14.6. The smallest absolute Gasteiger partial charge is 0.235 e. The van der Waals surface area contributed by atoms with Crippen LogP contribution >= 0.6 is 0 Å². The Morgan fingerprint density at radius 1 is 1.25 bits per heavy atom. The molecule has 2 N–H and O–H groups in total. The lowest BCUT2D eigenvalue weighted by Gasteiger charge is -2.15. The van der Waals surface area contributed by atoms with Crippen LogP contribution in [0.3, 0.4) is 0 Å². The van der Waals surface area contributed by atoms with Gasteiger partial charge in [-0.2, -0.15) is 0 Å². The summed E-state index contributed by atoms with van der Waals surface area (Å²) in [4.78, 5) is 23.5. The first-order chi connectivity index (χ1) is 9.63. The van der Waals surface area contributed by atoms with Crippen LogP contribution in [0.1, 0.15) is 50.7 Å². The summed E-state index contributed by atoms with van der Waals surface area (Å²) in [7, 11) is 0. The zero-order valence-electron chi connectivity index (χ0n) is 11.8. The van der Waals surface area contributed by atoms with Gasteiger partial charge >= 0.3 is 0 Å². The van der Waals surface area contributed by atoms with E-state index in [9.17, 15) is 9.59 Å². The minimum atomic E-state index is -0.371. The van der Waals surface area contributed by atoms with E-state index < -0.39 is 0 Å². The number of hydrogen-bond donors (Lipinski definition) is 2. The van der Waals surface area contributed by atoms with Gasteiger partial charge in [-0.05, 0) is 19.8 Å². The monoisotopic (exact) mass is 279 g/mol. The van der Waals surface area contributed by atoms with Crippen LogP contribution in [0.4, 0.5) is 5.82 Å². The summed E-state index contributed by atoms with van der Waals surface area (Å²) in [5, 5.41) is 9.13. The highest BCUT2D eigenvalue weighted by atomic mass is 16.5. The van der Waals surface area contributed by atoms with Crippen molar-refractivity contribution in [2.75, 3.05) is 5.32 Å². The van der Waals surface area contributed by atoms with Crippen molar-refractivity contribution in [1.29, 1.82) is 0 Å². The third kappa shape index (κ3) is 4.68. The average Bonchev–Trinajstić information content (AvgIpc) is 2.63. The molecule has 1 aliphatic carbocycles. The van der Waals surface area contributed by atoms with E-state index in [2.05, 4.69) is 15.8 Å². The Morgan fingerprint density at radius 2 is 1.95 bits per heavy atom. The number of nitrogens with zero attached hydrogens (tertiary/aromatic N) is 1. The van der Waals surface area contributed by atoms with E-state index in [0.717, 1.165) is 25.7 Å². The second-order valence-corrected chi connectivity index (χ2v) is 5.30. The molecule has 2 amide bonds. The summed E-state index contributed by atoms with van der Waals surface area (Å²) < 4.78 is 4.84. The molecule has 1 aromatic rings. The van der Waals surface area contributed by atoms with Gasteiger partial charge in [-0.25, -0.2) is 0 Å². The van der Waals surface area contributed by atoms with Crippen LogP contribution in [-0.4, -0.2) is 23.0 Å². The molecule has 0 atom stereocenters. The molecule has 0 radical (unpaired) electrons. The Balaban J connectivity index is 1.74.